The number of anilines is 3. The van der Waals surface area contributed by atoms with E-state index in [1.807, 2.05) is 67.7 Å². The highest BCUT2D eigenvalue weighted by atomic mass is 32.2. The number of thioether (sulfide) groups is 2. The van der Waals surface area contributed by atoms with Crippen molar-refractivity contribution in [1.82, 2.24) is 0 Å². The summed E-state index contributed by atoms with van der Waals surface area (Å²) in [4.78, 5) is 26.6. The lowest BCUT2D eigenvalue weighted by molar-refractivity contribution is -0.113. The van der Waals surface area contributed by atoms with Gasteiger partial charge in [-0.2, -0.15) is 0 Å². The van der Waals surface area contributed by atoms with Gasteiger partial charge in [0.1, 0.15) is 10.7 Å². The van der Waals surface area contributed by atoms with E-state index in [4.69, 9.17) is 9.73 Å². The van der Waals surface area contributed by atoms with Crippen LogP contribution in [0.2, 0.25) is 0 Å². The molecule has 8 heteroatoms. The number of fused-ring (bicyclic) bond motifs is 1. The van der Waals surface area contributed by atoms with Crippen molar-refractivity contribution in [3.63, 3.8) is 0 Å². The molecule has 36 heavy (non-hydrogen) atoms. The smallest absolute Gasteiger partial charge is 0.274 e. The first-order chi connectivity index (χ1) is 17.5. The van der Waals surface area contributed by atoms with Gasteiger partial charge in [0.05, 0.1) is 29.2 Å². The van der Waals surface area contributed by atoms with Crippen molar-refractivity contribution in [2.75, 3.05) is 41.9 Å². The third kappa shape index (κ3) is 4.47. The molecule has 0 bridgehead atoms. The van der Waals surface area contributed by atoms with Gasteiger partial charge in [-0.1, -0.05) is 30.0 Å². The van der Waals surface area contributed by atoms with Crippen molar-refractivity contribution < 1.29 is 9.53 Å². The van der Waals surface area contributed by atoms with Gasteiger partial charge in [0.25, 0.3) is 5.91 Å². The molecule has 6 nitrogen and oxygen atoms in total. The van der Waals surface area contributed by atoms with Crippen molar-refractivity contribution in [2.24, 2.45) is 4.99 Å². The van der Waals surface area contributed by atoms with Gasteiger partial charge in [0.15, 0.2) is 5.17 Å². The number of carbonyl (C=O) groups is 1. The van der Waals surface area contributed by atoms with Crippen LogP contribution < -0.4 is 19.4 Å². The molecule has 0 atom stereocenters. The minimum Gasteiger partial charge on any atom is -0.497 e. The molecule has 1 saturated heterocycles. The third-order valence-electron chi connectivity index (χ3n) is 6.23. The molecule has 3 aromatic rings. The predicted molar refractivity (Wildman–Crippen MR) is 153 cm³/mol. The lowest BCUT2D eigenvalue weighted by atomic mass is 10.2. The molecule has 5 rings (SSSR count). The molecule has 3 aromatic carbocycles. The Morgan fingerprint density at radius 3 is 2.33 bits per heavy atom. The fraction of sp³-hybridized carbons (Fsp3) is 0.214. The number of amides is 1. The third-order valence-corrected chi connectivity index (χ3v) is 8.63. The standard InChI is InChI=1S/C28H28N4O2S2/c1-5-31(6-2)20-14-12-19(13-15-20)29-28-32(21-10-8-7-9-11-21)26(33)25(36-28)27-30(3)23-18-22(34-4)16-17-24(23)35-27/h7-18H,5-6H2,1-4H3/b27-25+,29-28?. The molecular formula is C28H28N4O2S2. The lowest BCUT2D eigenvalue weighted by Gasteiger charge is -2.21. The van der Waals surface area contributed by atoms with Gasteiger partial charge in [0, 0.05) is 36.8 Å². The number of nitrogens with zero attached hydrogens (tertiary/aromatic N) is 4. The number of methoxy groups -OCH3 is 1. The maximum atomic E-state index is 13.8. The van der Waals surface area contributed by atoms with Crippen LogP contribution >= 0.6 is 23.5 Å². The first kappa shape index (κ1) is 24.3. The van der Waals surface area contributed by atoms with E-state index in [2.05, 4.69) is 35.8 Å². The van der Waals surface area contributed by atoms with E-state index >= 15 is 0 Å². The van der Waals surface area contributed by atoms with Crippen molar-refractivity contribution >= 4 is 57.3 Å². The zero-order valence-corrected chi connectivity index (χ0v) is 22.4. The maximum absolute atomic E-state index is 13.8. The van der Waals surface area contributed by atoms with E-state index in [9.17, 15) is 4.79 Å². The number of rotatable bonds is 6. The van der Waals surface area contributed by atoms with Crippen LogP contribution in [-0.4, -0.2) is 38.3 Å². The minimum atomic E-state index is -0.0705. The van der Waals surface area contributed by atoms with Gasteiger partial charge in [-0.05, 0) is 74.1 Å². The number of benzene rings is 3. The van der Waals surface area contributed by atoms with Crippen LogP contribution in [0.25, 0.3) is 0 Å². The largest absolute Gasteiger partial charge is 0.497 e. The monoisotopic (exact) mass is 516 g/mol. The van der Waals surface area contributed by atoms with E-state index in [1.54, 1.807) is 23.8 Å². The quantitative estimate of drug-likeness (QED) is 0.339. The van der Waals surface area contributed by atoms with E-state index < -0.39 is 0 Å². The predicted octanol–water partition coefficient (Wildman–Crippen LogP) is 6.72. The molecule has 1 fully saturated rings. The highest BCUT2D eigenvalue weighted by molar-refractivity contribution is 8.20. The number of hydrogen-bond donors (Lipinski definition) is 0. The summed E-state index contributed by atoms with van der Waals surface area (Å²) >= 11 is 3.02. The molecule has 2 aliphatic rings. The Morgan fingerprint density at radius 1 is 0.944 bits per heavy atom. The van der Waals surface area contributed by atoms with E-state index in [0.29, 0.717) is 10.1 Å². The molecular weight excluding hydrogens is 488 g/mol. The van der Waals surface area contributed by atoms with Gasteiger partial charge in [-0.25, -0.2) is 4.99 Å². The van der Waals surface area contributed by atoms with E-state index in [1.165, 1.54) is 17.4 Å². The summed E-state index contributed by atoms with van der Waals surface area (Å²) in [5.74, 6) is 0.720. The number of ether oxygens (including phenoxy) is 1. The zero-order chi connectivity index (χ0) is 25.2. The Kier molecular flexibility index (Phi) is 6.98. The van der Waals surface area contributed by atoms with Crippen LogP contribution in [0.3, 0.4) is 0 Å². The minimum absolute atomic E-state index is 0.0705. The molecule has 0 saturated carbocycles. The second-order valence-electron chi connectivity index (χ2n) is 8.29. The average molecular weight is 517 g/mol. The summed E-state index contributed by atoms with van der Waals surface area (Å²) in [5, 5.41) is 1.54. The van der Waals surface area contributed by atoms with Gasteiger partial charge in [-0.3, -0.25) is 9.69 Å². The summed E-state index contributed by atoms with van der Waals surface area (Å²) in [6.45, 7) is 6.20. The molecule has 184 valence electrons. The highest BCUT2D eigenvalue weighted by Crippen LogP contribution is 2.51. The molecule has 2 heterocycles. The first-order valence-corrected chi connectivity index (χ1v) is 13.5. The molecule has 0 aromatic heterocycles. The molecule has 2 aliphatic heterocycles. The molecule has 0 aliphatic carbocycles. The van der Waals surface area contributed by atoms with Crippen molar-refractivity contribution in [2.45, 2.75) is 18.7 Å². The van der Waals surface area contributed by atoms with Crippen LogP contribution in [0.5, 0.6) is 5.75 Å². The van der Waals surface area contributed by atoms with Crippen LogP contribution in [0.15, 0.2) is 92.6 Å². The Labute approximate surface area is 220 Å². The van der Waals surface area contributed by atoms with Crippen molar-refractivity contribution in [3.05, 3.63) is 82.7 Å². The summed E-state index contributed by atoms with van der Waals surface area (Å²) in [5.41, 5.74) is 3.81. The second kappa shape index (κ2) is 10.3. The van der Waals surface area contributed by atoms with E-state index in [-0.39, 0.29) is 5.91 Å². The second-order valence-corrected chi connectivity index (χ2v) is 10.3. The van der Waals surface area contributed by atoms with Gasteiger partial charge in [-0.15, -0.1) is 0 Å². The van der Waals surface area contributed by atoms with E-state index in [0.717, 1.165) is 45.8 Å². The van der Waals surface area contributed by atoms with Gasteiger partial charge >= 0.3 is 0 Å². The zero-order valence-electron chi connectivity index (χ0n) is 20.8. The molecule has 0 N–H and O–H groups in total. The normalized spacial score (nSPS) is 18.2. The Morgan fingerprint density at radius 2 is 1.67 bits per heavy atom. The number of carbonyl (C=O) groups excluding carboxylic acids is 1. The van der Waals surface area contributed by atoms with Crippen LogP contribution in [0.4, 0.5) is 22.7 Å². The molecule has 0 spiro atoms. The SMILES string of the molecule is CCN(CC)c1ccc(N=C2S/C(=C3/Sc4ccc(OC)cc4N3C)C(=O)N2c2ccccc2)cc1. The summed E-state index contributed by atoms with van der Waals surface area (Å²) in [6.07, 6.45) is 0. The van der Waals surface area contributed by atoms with Gasteiger partial charge in [0.2, 0.25) is 0 Å². The number of amidine groups is 1. The Hall–Kier alpha value is -3.36. The van der Waals surface area contributed by atoms with Crippen LogP contribution in [-0.2, 0) is 4.79 Å². The topological polar surface area (TPSA) is 48.4 Å². The van der Waals surface area contributed by atoms with Crippen molar-refractivity contribution in [1.29, 1.82) is 0 Å². The Bertz CT molecular complexity index is 1340. The summed E-state index contributed by atoms with van der Waals surface area (Å²) in [7, 11) is 3.65. The fourth-order valence-corrected chi connectivity index (χ4v) is 6.60. The fourth-order valence-electron chi connectivity index (χ4n) is 4.27. The van der Waals surface area contributed by atoms with Crippen molar-refractivity contribution in [3.8, 4) is 5.75 Å². The van der Waals surface area contributed by atoms with Crippen LogP contribution in [0.1, 0.15) is 13.8 Å². The summed E-state index contributed by atoms with van der Waals surface area (Å²) < 4.78 is 5.41. The lowest BCUT2D eigenvalue weighted by Crippen LogP contribution is -2.29. The van der Waals surface area contributed by atoms with Gasteiger partial charge < -0.3 is 14.5 Å². The number of para-hydroxylation sites is 1. The van der Waals surface area contributed by atoms with Crippen LogP contribution in [0, 0.1) is 0 Å². The molecule has 1 amide bonds. The number of aliphatic imine (C=N–C) groups is 1. The molecule has 0 unspecified atom stereocenters. The highest BCUT2D eigenvalue weighted by Gasteiger charge is 2.40. The maximum Gasteiger partial charge on any atom is 0.274 e. The molecule has 0 radical (unpaired) electrons. The first-order valence-electron chi connectivity index (χ1n) is 11.9. The summed E-state index contributed by atoms with van der Waals surface area (Å²) in [6, 6.07) is 23.9. The average Bonchev–Trinajstić information content (AvgIpc) is 3.41. The number of hydrogen-bond acceptors (Lipinski definition) is 7. The Balaban J connectivity index is 1.54.